The van der Waals surface area contributed by atoms with Crippen LogP contribution in [0.4, 0.5) is 0 Å². The Bertz CT molecular complexity index is 303. The Hall–Kier alpha value is -0.170. The van der Waals surface area contributed by atoms with Crippen molar-refractivity contribution in [1.82, 2.24) is 14.7 Å². The summed E-state index contributed by atoms with van der Waals surface area (Å²) in [6, 6.07) is 0.623. The molecular weight excluding hydrogens is 322 g/mol. The number of piperazine rings is 1. The number of amides is 1. The van der Waals surface area contributed by atoms with Gasteiger partial charge in [-0.05, 0) is 6.42 Å². The van der Waals surface area contributed by atoms with E-state index >= 15 is 0 Å². The van der Waals surface area contributed by atoms with Crippen molar-refractivity contribution in [3.05, 3.63) is 0 Å². The van der Waals surface area contributed by atoms with Crippen molar-refractivity contribution in [2.45, 2.75) is 19.4 Å². The standard InChI is InChI=1S/C14H26BrN3O2/c1-2-13(17-7-9-20-10-8-17)12-16-3-5-18(6-4-16)14(19)11-15/h13H,2-12H2,1H3. The van der Waals surface area contributed by atoms with Crippen LogP contribution in [0, 0.1) is 0 Å². The quantitative estimate of drug-likeness (QED) is 0.683. The molecule has 5 nitrogen and oxygen atoms in total. The molecule has 20 heavy (non-hydrogen) atoms. The Morgan fingerprint density at radius 1 is 1.15 bits per heavy atom. The summed E-state index contributed by atoms with van der Waals surface area (Å²) >= 11 is 3.25. The molecule has 2 aliphatic rings. The maximum absolute atomic E-state index is 11.6. The van der Waals surface area contributed by atoms with E-state index in [2.05, 4.69) is 32.7 Å². The second-order valence-corrected chi connectivity index (χ2v) is 6.09. The highest BCUT2D eigenvalue weighted by Gasteiger charge is 2.25. The largest absolute Gasteiger partial charge is 0.379 e. The summed E-state index contributed by atoms with van der Waals surface area (Å²) < 4.78 is 5.43. The number of halogens is 1. The number of carbonyl (C=O) groups excluding carboxylic acids is 1. The smallest absolute Gasteiger partial charge is 0.233 e. The van der Waals surface area contributed by atoms with Crippen LogP contribution in [-0.4, -0.2) is 91.0 Å². The first-order valence-corrected chi connectivity index (χ1v) is 8.74. The summed E-state index contributed by atoms with van der Waals surface area (Å²) in [5, 5.41) is 0.443. The Morgan fingerprint density at radius 3 is 2.35 bits per heavy atom. The Kier molecular flexibility index (Phi) is 6.74. The minimum absolute atomic E-state index is 0.213. The Morgan fingerprint density at radius 2 is 1.80 bits per heavy atom. The molecule has 116 valence electrons. The van der Waals surface area contributed by atoms with E-state index in [0.717, 1.165) is 59.0 Å². The monoisotopic (exact) mass is 347 g/mol. The predicted molar refractivity (Wildman–Crippen MR) is 83.3 cm³/mol. The number of hydrogen-bond acceptors (Lipinski definition) is 4. The molecule has 0 radical (unpaired) electrons. The lowest BCUT2D eigenvalue weighted by molar-refractivity contribution is -0.130. The molecule has 2 rings (SSSR count). The van der Waals surface area contributed by atoms with Gasteiger partial charge in [-0.2, -0.15) is 0 Å². The number of alkyl halides is 1. The van der Waals surface area contributed by atoms with Crippen LogP contribution < -0.4 is 0 Å². The van der Waals surface area contributed by atoms with E-state index in [-0.39, 0.29) is 5.91 Å². The average Bonchev–Trinajstić information content (AvgIpc) is 2.53. The van der Waals surface area contributed by atoms with Crippen molar-refractivity contribution in [2.75, 3.05) is 64.4 Å². The van der Waals surface area contributed by atoms with Crippen LogP contribution in [-0.2, 0) is 9.53 Å². The first-order chi connectivity index (χ1) is 9.74. The molecule has 2 fully saturated rings. The van der Waals surface area contributed by atoms with Crippen LogP contribution in [0.15, 0.2) is 0 Å². The first kappa shape index (κ1) is 16.2. The molecule has 0 aliphatic carbocycles. The number of morpholine rings is 1. The molecule has 0 aromatic rings. The molecule has 1 atom stereocenters. The van der Waals surface area contributed by atoms with Gasteiger partial charge in [-0.15, -0.1) is 0 Å². The molecule has 0 bridgehead atoms. The number of carbonyl (C=O) groups is 1. The van der Waals surface area contributed by atoms with Crippen LogP contribution >= 0.6 is 15.9 Å². The third-order valence-corrected chi connectivity index (χ3v) is 4.82. The van der Waals surface area contributed by atoms with Gasteiger partial charge in [0, 0.05) is 51.9 Å². The van der Waals surface area contributed by atoms with Gasteiger partial charge in [-0.25, -0.2) is 0 Å². The molecule has 1 unspecified atom stereocenters. The summed E-state index contributed by atoms with van der Waals surface area (Å²) in [5.41, 5.74) is 0. The zero-order valence-corrected chi connectivity index (χ0v) is 14.0. The molecule has 0 N–H and O–H groups in total. The van der Waals surface area contributed by atoms with E-state index in [0.29, 0.717) is 11.4 Å². The van der Waals surface area contributed by atoms with Crippen molar-refractivity contribution in [2.24, 2.45) is 0 Å². The van der Waals surface area contributed by atoms with Crippen molar-refractivity contribution >= 4 is 21.8 Å². The molecule has 6 heteroatoms. The Labute approximate surface area is 130 Å². The summed E-state index contributed by atoms with van der Waals surface area (Å²) in [5.74, 6) is 0.213. The van der Waals surface area contributed by atoms with Gasteiger partial charge in [0.25, 0.3) is 0 Å². The Balaban J connectivity index is 1.76. The molecule has 0 aromatic heterocycles. The van der Waals surface area contributed by atoms with E-state index in [1.54, 1.807) is 0 Å². The summed E-state index contributed by atoms with van der Waals surface area (Å²) in [4.78, 5) is 18.7. The van der Waals surface area contributed by atoms with Gasteiger partial charge < -0.3 is 9.64 Å². The average molecular weight is 348 g/mol. The molecule has 0 aromatic carbocycles. The molecule has 0 spiro atoms. The lowest BCUT2D eigenvalue weighted by atomic mass is 10.1. The minimum Gasteiger partial charge on any atom is -0.379 e. The molecule has 2 heterocycles. The lowest BCUT2D eigenvalue weighted by Crippen LogP contribution is -2.54. The number of hydrogen-bond donors (Lipinski definition) is 0. The predicted octanol–water partition coefficient (Wildman–Crippen LogP) is 0.636. The number of rotatable bonds is 5. The normalized spacial score (nSPS) is 23.8. The number of nitrogens with zero attached hydrogens (tertiary/aromatic N) is 3. The first-order valence-electron chi connectivity index (χ1n) is 7.62. The van der Waals surface area contributed by atoms with Crippen LogP contribution in [0.25, 0.3) is 0 Å². The van der Waals surface area contributed by atoms with Gasteiger partial charge in [0.2, 0.25) is 5.91 Å². The summed E-state index contributed by atoms with van der Waals surface area (Å²) in [7, 11) is 0. The highest BCUT2D eigenvalue weighted by atomic mass is 79.9. The molecule has 2 saturated heterocycles. The summed E-state index contributed by atoms with van der Waals surface area (Å²) in [6.07, 6.45) is 1.18. The zero-order valence-electron chi connectivity index (χ0n) is 12.4. The van der Waals surface area contributed by atoms with Gasteiger partial charge in [0.05, 0.1) is 18.5 Å². The number of ether oxygens (including phenoxy) is 1. The maximum atomic E-state index is 11.6. The molecular formula is C14H26BrN3O2. The van der Waals surface area contributed by atoms with Crippen LogP contribution in [0.1, 0.15) is 13.3 Å². The van der Waals surface area contributed by atoms with Crippen molar-refractivity contribution in [3.63, 3.8) is 0 Å². The van der Waals surface area contributed by atoms with Gasteiger partial charge >= 0.3 is 0 Å². The fourth-order valence-electron chi connectivity index (χ4n) is 3.01. The highest BCUT2D eigenvalue weighted by molar-refractivity contribution is 9.09. The van der Waals surface area contributed by atoms with E-state index < -0.39 is 0 Å². The van der Waals surface area contributed by atoms with Gasteiger partial charge in [-0.3, -0.25) is 14.6 Å². The van der Waals surface area contributed by atoms with Crippen LogP contribution in [0.3, 0.4) is 0 Å². The molecule has 1 amide bonds. The van der Waals surface area contributed by atoms with Gasteiger partial charge in [0.15, 0.2) is 0 Å². The lowest BCUT2D eigenvalue weighted by Gasteiger charge is -2.40. The van der Waals surface area contributed by atoms with Gasteiger partial charge in [0.1, 0.15) is 0 Å². The molecule has 2 aliphatic heterocycles. The van der Waals surface area contributed by atoms with Crippen molar-refractivity contribution in [1.29, 1.82) is 0 Å². The summed E-state index contributed by atoms with van der Waals surface area (Å²) in [6.45, 7) is 11.0. The minimum atomic E-state index is 0.213. The fraction of sp³-hybridized carbons (Fsp3) is 0.929. The second-order valence-electron chi connectivity index (χ2n) is 5.53. The maximum Gasteiger partial charge on any atom is 0.233 e. The second kappa shape index (κ2) is 8.32. The topological polar surface area (TPSA) is 36.0 Å². The fourth-order valence-corrected chi connectivity index (χ4v) is 3.36. The van der Waals surface area contributed by atoms with E-state index in [4.69, 9.17) is 4.74 Å². The SMILES string of the molecule is CCC(CN1CCN(C(=O)CBr)CC1)N1CCOCC1. The highest BCUT2D eigenvalue weighted by Crippen LogP contribution is 2.11. The molecule has 0 saturated carbocycles. The zero-order chi connectivity index (χ0) is 14.4. The van der Waals surface area contributed by atoms with Crippen molar-refractivity contribution < 1.29 is 9.53 Å². The van der Waals surface area contributed by atoms with Gasteiger partial charge in [-0.1, -0.05) is 22.9 Å². The van der Waals surface area contributed by atoms with Crippen molar-refractivity contribution in [3.8, 4) is 0 Å². The van der Waals surface area contributed by atoms with E-state index in [1.165, 1.54) is 6.42 Å². The van der Waals surface area contributed by atoms with Crippen LogP contribution in [0.2, 0.25) is 0 Å². The van der Waals surface area contributed by atoms with E-state index in [9.17, 15) is 4.79 Å². The third kappa shape index (κ3) is 4.41. The van der Waals surface area contributed by atoms with Crippen LogP contribution in [0.5, 0.6) is 0 Å². The third-order valence-electron chi connectivity index (χ3n) is 4.34. The van der Waals surface area contributed by atoms with E-state index in [1.807, 2.05) is 4.90 Å².